The number of rotatable bonds is 1. The molecule has 0 atom stereocenters. The first-order chi connectivity index (χ1) is 7.88. The molecule has 84 valence electrons. The fraction of sp³-hybridized carbons (Fsp3) is 0.500. The lowest BCUT2D eigenvalue weighted by Gasteiger charge is -2.32. The minimum Gasteiger partial charge on any atom is -0.469 e. The smallest absolute Gasteiger partial charge is 0.216 e. The quantitative estimate of drug-likeness (QED) is 0.705. The van der Waals surface area contributed by atoms with Gasteiger partial charge in [0, 0.05) is 5.56 Å². The average Bonchev–Trinajstić information content (AvgIpc) is 2.75. The van der Waals surface area contributed by atoms with Crippen LogP contribution in [0.2, 0.25) is 0 Å². The van der Waals surface area contributed by atoms with Crippen LogP contribution in [0.25, 0.3) is 0 Å². The predicted octanol–water partition coefficient (Wildman–Crippen LogP) is 3.17. The number of aliphatic imine (C=N–C) groups is 1. The molecule has 1 aromatic carbocycles. The van der Waals surface area contributed by atoms with Gasteiger partial charge in [-0.1, -0.05) is 24.6 Å². The van der Waals surface area contributed by atoms with Gasteiger partial charge < -0.3 is 4.74 Å². The number of hydrogen-bond donors (Lipinski definition) is 0. The normalized spacial score (nSPS) is 22.9. The van der Waals surface area contributed by atoms with E-state index in [-0.39, 0.29) is 5.60 Å². The Kier molecular flexibility index (Phi) is 2.43. The summed E-state index contributed by atoms with van der Waals surface area (Å²) >= 11 is 0. The Labute approximate surface area is 96.3 Å². The van der Waals surface area contributed by atoms with Gasteiger partial charge in [-0.05, 0) is 37.8 Å². The first kappa shape index (κ1) is 9.88. The lowest BCUT2D eigenvalue weighted by molar-refractivity contribution is 0.0474. The fourth-order valence-corrected chi connectivity index (χ4v) is 2.67. The van der Waals surface area contributed by atoms with Crippen molar-refractivity contribution in [3.63, 3.8) is 0 Å². The maximum absolute atomic E-state index is 6.13. The molecular formula is C14H17NO. The third-order valence-electron chi connectivity index (χ3n) is 3.61. The third kappa shape index (κ3) is 1.73. The van der Waals surface area contributed by atoms with Crippen LogP contribution in [0.3, 0.4) is 0 Å². The van der Waals surface area contributed by atoms with Crippen molar-refractivity contribution in [2.45, 2.75) is 37.7 Å². The molecule has 1 aliphatic carbocycles. The number of ether oxygens (including phenoxy) is 1. The highest BCUT2D eigenvalue weighted by atomic mass is 16.5. The Bertz CT molecular complexity index is 390. The molecule has 0 aromatic heterocycles. The second-order valence-corrected chi connectivity index (χ2v) is 4.83. The molecule has 1 aromatic rings. The van der Waals surface area contributed by atoms with Crippen LogP contribution in [0.1, 0.15) is 37.7 Å². The molecular weight excluding hydrogens is 198 g/mol. The summed E-state index contributed by atoms with van der Waals surface area (Å²) in [5.74, 6) is 0.850. The van der Waals surface area contributed by atoms with Crippen molar-refractivity contribution in [1.82, 2.24) is 0 Å². The van der Waals surface area contributed by atoms with Gasteiger partial charge in [0.05, 0.1) is 6.54 Å². The molecule has 1 saturated carbocycles. The highest BCUT2D eigenvalue weighted by Gasteiger charge is 2.39. The van der Waals surface area contributed by atoms with Crippen molar-refractivity contribution in [2.24, 2.45) is 4.99 Å². The maximum atomic E-state index is 6.13. The van der Waals surface area contributed by atoms with E-state index in [9.17, 15) is 0 Å². The lowest BCUT2D eigenvalue weighted by atomic mass is 9.85. The van der Waals surface area contributed by atoms with Gasteiger partial charge >= 0.3 is 0 Å². The van der Waals surface area contributed by atoms with Crippen molar-refractivity contribution < 1.29 is 4.74 Å². The molecule has 16 heavy (non-hydrogen) atoms. The van der Waals surface area contributed by atoms with Crippen molar-refractivity contribution in [1.29, 1.82) is 0 Å². The van der Waals surface area contributed by atoms with E-state index in [4.69, 9.17) is 4.74 Å². The Morgan fingerprint density at radius 1 is 1.00 bits per heavy atom. The molecule has 0 unspecified atom stereocenters. The Morgan fingerprint density at radius 2 is 1.75 bits per heavy atom. The number of nitrogens with zero attached hydrogens (tertiary/aromatic N) is 1. The summed E-state index contributed by atoms with van der Waals surface area (Å²) in [5.41, 5.74) is 1.16. The summed E-state index contributed by atoms with van der Waals surface area (Å²) < 4.78 is 6.13. The first-order valence-electron chi connectivity index (χ1n) is 6.17. The van der Waals surface area contributed by atoms with Gasteiger partial charge in [-0.25, -0.2) is 4.99 Å². The number of hydrogen-bond acceptors (Lipinski definition) is 2. The molecule has 0 radical (unpaired) electrons. The van der Waals surface area contributed by atoms with Gasteiger partial charge in [0.2, 0.25) is 5.90 Å². The topological polar surface area (TPSA) is 21.6 Å². The van der Waals surface area contributed by atoms with Crippen LogP contribution >= 0.6 is 0 Å². The highest BCUT2D eigenvalue weighted by Crippen LogP contribution is 2.36. The molecule has 0 N–H and O–H groups in total. The van der Waals surface area contributed by atoms with Crippen LogP contribution < -0.4 is 0 Å². The van der Waals surface area contributed by atoms with Crippen molar-refractivity contribution in [3.05, 3.63) is 35.9 Å². The van der Waals surface area contributed by atoms with E-state index in [1.54, 1.807) is 0 Å². The zero-order valence-electron chi connectivity index (χ0n) is 9.48. The minimum atomic E-state index is 0.0451. The molecule has 0 saturated heterocycles. The van der Waals surface area contributed by atoms with E-state index < -0.39 is 0 Å². The van der Waals surface area contributed by atoms with E-state index in [0.717, 1.165) is 18.0 Å². The molecule has 0 bridgehead atoms. The maximum Gasteiger partial charge on any atom is 0.216 e. The summed E-state index contributed by atoms with van der Waals surface area (Å²) in [6.07, 6.45) is 6.28. The second kappa shape index (κ2) is 3.93. The van der Waals surface area contributed by atoms with Crippen LogP contribution in [0.4, 0.5) is 0 Å². The van der Waals surface area contributed by atoms with E-state index in [0.29, 0.717) is 0 Å². The highest BCUT2D eigenvalue weighted by molar-refractivity contribution is 5.95. The van der Waals surface area contributed by atoms with Crippen LogP contribution in [0.5, 0.6) is 0 Å². The first-order valence-corrected chi connectivity index (χ1v) is 6.17. The summed E-state index contributed by atoms with van der Waals surface area (Å²) in [6.45, 7) is 0.858. The van der Waals surface area contributed by atoms with Crippen LogP contribution in [0, 0.1) is 0 Å². The Balaban J connectivity index is 1.77. The predicted molar refractivity (Wildman–Crippen MR) is 64.7 cm³/mol. The standard InChI is InChI=1S/C14H17NO/c1-3-7-12(8-4-1)13-15-11-14(16-13)9-5-2-6-10-14/h1,3-4,7-8H,2,5-6,9-11H2. The monoisotopic (exact) mass is 215 g/mol. The van der Waals surface area contributed by atoms with E-state index >= 15 is 0 Å². The summed E-state index contributed by atoms with van der Waals surface area (Å²) in [7, 11) is 0. The Morgan fingerprint density at radius 3 is 2.50 bits per heavy atom. The van der Waals surface area contributed by atoms with Gasteiger partial charge in [-0.3, -0.25) is 0 Å². The molecule has 2 heteroatoms. The summed E-state index contributed by atoms with van der Waals surface area (Å²) in [6, 6.07) is 10.2. The molecule has 1 aliphatic heterocycles. The molecule has 1 fully saturated rings. The number of benzene rings is 1. The summed E-state index contributed by atoms with van der Waals surface area (Å²) in [4.78, 5) is 4.58. The van der Waals surface area contributed by atoms with Gasteiger partial charge in [0.1, 0.15) is 5.60 Å². The summed E-state index contributed by atoms with van der Waals surface area (Å²) in [5, 5.41) is 0. The van der Waals surface area contributed by atoms with Crippen LogP contribution in [0.15, 0.2) is 35.3 Å². The molecule has 3 rings (SSSR count). The van der Waals surface area contributed by atoms with Crippen molar-refractivity contribution in [2.75, 3.05) is 6.54 Å². The molecule has 0 amide bonds. The zero-order valence-corrected chi connectivity index (χ0v) is 9.48. The van der Waals surface area contributed by atoms with Gasteiger partial charge in [0.15, 0.2) is 0 Å². The minimum absolute atomic E-state index is 0.0451. The van der Waals surface area contributed by atoms with Gasteiger partial charge in [-0.2, -0.15) is 0 Å². The fourth-order valence-electron chi connectivity index (χ4n) is 2.67. The Hall–Kier alpha value is -1.31. The largest absolute Gasteiger partial charge is 0.469 e. The van der Waals surface area contributed by atoms with Crippen molar-refractivity contribution in [3.8, 4) is 0 Å². The molecule has 2 nitrogen and oxygen atoms in total. The molecule has 1 spiro atoms. The SMILES string of the molecule is c1ccc(C2=NCC3(CCCCC3)O2)cc1. The van der Waals surface area contributed by atoms with Gasteiger partial charge in [0.25, 0.3) is 0 Å². The van der Waals surface area contributed by atoms with E-state index in [2.05, 4.69) is 17.1 Å². The second-order valence-electron chi connectivity index (χ2n) is 4.83. The van der Waals surface area contributed by atoms with Crippen LogP contribution in [-0.2, 0) is 4.74 Å². The lowest BCUT2D eigenvalue weighted by Crippen LogP contribution is -2.35. The third-order valence-corrected chi connectivity index (χ3v) is 3.61. The molecule has 2 aliphatic rings. The molecule has 1 heterocycles. The van der Waals surface area contributed by atoms with Gasteiger partial charge in [-0.15, -0.1) is 0 Å². The van der Waals surface area contributed by atoms with Crippen molar-refractivity contribution >= 4 is 5.90 Å². The zero-order chi connectivity index (χ0) is 10.8. The van der Waals surface area contributed by atoms with E-state index in [1.165, 1.54) is 32.1 Å². The van der Waals surface area contributed by atoms with E-state index in [1.807, 2.05) is 18.2 Å². The average molecular weight is 215 g/mol. The van der Waals surface area contributed by atoms with Crippen LogP contribution in [-0.4, -0.2) is 18.0 Å².